The van der Waals surface area contributed by atoms with Crippen molar-refractivity contribution < 1.29 is 14.0 Å². The molecule has 3 aliphatic heterocycles. The molecule has 0 bridgehead atoms. The van der Waals surface area contributed by atoms with Crippen molar-refractivity contribution in [3.8, 4) is 0 Å². The number of urea groups is 1. The Kier molecular flexibility index (Phi) is 5.04. The summed E-state index contributed by atoms with van der Waals surface area (Å²) >= 11 is 0. The van der Waals surface area contributed by atoms with Crippen LogP contribution in [0.3, 0.4) is 0 Å². The van der Waals surface area contributed by atoms with Crippen LogP contribution in [-0.4, -0.2) is 75.5 Å². The van der Waals surface area contributed by atoms with Gasteiger partial charge in [0.15, 0.2) is 6.29 Å². The summed E-state index contributed by atoms with van der Waals surface area (Å²) in [5.74, 6) is -0.589. The second kappa shape index (κ2) is 7.38. The van der Waals surface area contributed by atoms with Crippen LogP contribution >= 0.6 is 0 Å². The fourth-order valence-corrected chi connectivity index (χ4v) is 4.36. The highest BCUT2D eigenvalue weighted by atomic mass is 19.1. The molecule has 1 aromatic rings. The van der Waals surface area contributed by atoms with Crippen molar-refractivity contribution in [1.29, 1.82) is 0 Å². The topological polar surface area (TPSA) is 71.5 Å². The summed E-state index contributed by atoms with van der Waals surface area (Å²) in [7, 11) is 1.71. The minimum atomic E-state index is -0.511. The number of carbonyl (C=O) groups excluding carboxylic acids is 2. The molecule has 8 nitrogen and oxygen atoms in total. The third-order valence-electron chi connectivity index (χ3n) is 6.02. The monoisotopic (exact) mass is 402 g/mol. The van der Waals surface area contributed by atoms with Crippen molar-refractivity contribution in [1.82, 2.24) is 25.0 Å². The average molecular weight is 402 g/mol. The first kappa shape index (κ1) is 19.8. The number of nitrogens with zero attached hydrogens (tertiary/aromatic N) is 5. The Morgan fingerprint density at radius 3 is 2.55 bits per heavy atom. The van der Waals surface area contributed by atoms with E-state index in [1.54, 1.807) is 24.1 Å². The maximum Gasteiger partial charge on any atom is 0.328 e. The number of amides is 3. The van der Waals surface area contributed by atoms with E-state index >= 15 is 0 Å². The zero-order valence-electron chi connectivity index (χ0n) is 17.2. The van der Waals surface area contributed by atoms with Crippen LogP contribution in [0.25, 0.3) is 0 Å². The Balaban J connectivity index is 1.65. The van der Waals surface area contributed by atoms with Crippen LogP contribution in [0.2, 0.25) is 0 Å². The van der Waals surface area contributed by atoms with Gasteiger partial charge in [-0.3, -0.25) is 20.0 Å². The number of hydrazone groups is 1. The molecule has 4 rings (SSSR count). The van der Waals surface area contributed by atoms with Crippen LogP contribution in [0.4, 0.5) is 9.18 Å². The quantitative estimate of drug-likeness (QED) is 0.828. The van der Waals surface area contributed by atoms with E-state index in [4.69, 9.17) is 5.10 Å². The molecule has 0 saturated carbocycles. The molecule has 0 aromatic heterocycles. The molecule has 2 fully saturated rings. The van der Waals surface area contributed by atoms with E-state index in [0.717, 1.165) is 18.7 Å². The van der Waals surface area contributed by atoms with Gasteiger partial charge in [0.25, 0.3) is 5.91 Å². The smallest absolute Gasteiger partial charge is 0.310 e. The fraction of sp³-hybridized carbons (Fsp3) is 0.550. The first-order valence-electron chi connectivity index (χ1n) is 10.0. The summed E-state index contributed by atoms with van der Waals surface area (Å²) in [5.41, 5.74) is 1.65. The van der Waals surface area contributed by atoms with E-state index in [2.05, 4.69) is 17.1 Å². The number of rotatable bonds is 4. The predicted octanol–water partition coefficient (Wildman–Crippen LogP) is 1.59. The largest absolute Gasteiger partial charge is 0.328 e. The van der Waals surface area contributed by atoms with Crippen LogP contribution in [0, 0.1) is 5.82 Å². The third-order valence-corrected chi connectivity index (χ3v) is 6.02. The van der Waals surface area contributed by atoms with E-state index in [1.165, 1.54) is 17.0 Å². The lowest BCUT2D eigenvalue weighted by Crippen LogP contribution is -2.67. The maximum atomic E-state index is 13.5. The van der Waals surface area contributed by atoms with Crippen LogP contribution < -0.4 is 5.32 Å². The lowest BCUT2D eigenvalue weighted by molar-refractivity contribution is -0.140. The summed E-state index contributed by atoms with van der Waals surface area (Å²) < 4.78 is 13.2. The van der Waals surface area contributed by atoms with Gasteiger partial charge in [-0.15, -0.1) is 0 Å². The molecule has 4 atom stereocenters. The predicted molar refractivity (Wildman–Crippen MR) is 106 cm³/mol. The third kappa shape index (κ3) is 3.18. The molecular formula is C20H27FN6O2. The summed E-state index contributed by atoms with van der Waals surface area (Å²) in [4.78, 5) is 31.4. The second-order valence-corrected chi connectivity index (χ2v) is 7.90. The lowest BCUT2D eigenvalue weighted by Gasteiger charge is -2.45. The molecule has 29 heavy (non-hydrogen) atoms. The molecular weight excluding hydrogens is 375 g/mol. The second-order valence-electron chi connectivity index (χ2n) is 7.90. The van der Waals surface area contributed by atoms with Gasteiger partial charge in [-0.05, 0) is 38.0 Å². The SMILES string of the molecule is CCCN1N=C(C)C(C)N2C3C(=O)N(Cc4ccc(F)cc4)C(=O)N(C)C3NC12. The van der Waals surface area contributed by atoms with Gasteiger partial charge in [0.05, 0.1) is 18.3 Å². The van der Waals surface area contributed by atoms with Crippen molar-refractivity contribution in [2.24, 2.45) is 5.10 Å². The summed E-state index contributed by atoms with van der Waals surface area (Å²) in [6.07, 6.45) is 0.257. The summed E-state index contributed by atoms with van der Waals surface area (Å²) in [6, 6.07) is 4.96. The van der Waals surface area contributed by atoms with Gasteiger partial charge in [-0.1, -0.05) is 19.1 Å². The number of benzene rings is 1. The molecule has 2 saturated heterocycles. The number of halogens is 1. The molecule has 1 aromatic carbocycles. The Hall–Kier alpha value is -2.52. The number of hydrogen-bond acceptors (Lipinski definition) is 6. The molecule has 0 spiro atoms. The number of fused-ring (bicyclic) bond motifs is 3. The Morgan fingerprint density at radius 1 is 1.21 bits per heavy atom. The minimum Gasteiger partial charge on any atom is -0.310 e. The van der Waals surface area contributed by atoms with Gasteiger partial charge >= 0.3 is 6.03 Å². The normalized spacial score (nSPS) is 29.8. The standard InChI is InChI=1S/C20H27FN6O2/c1-5-10-26-19-22-17-16(27(19)13(3)12(2)23-26)18(28)25(20(29)24(17)4)11-14-6-8-15(21)9-7-14/h6-9,13,16-17,19,22H,5,10-11H2,1-4H3. The van der Waals surface area contributed by atoms with Crippen molar-refractivity contribution in [2.45, 2.75) is 58.3 Å². The van der Waals surface area contributed by atoms with Gasteiger partial charge in [0.2, 0.25) is 0 Å². The van der Waals surface area contributed by atoms with E-state index < -0.39 is 12.2 Å². The van der Waals surface area contributed by atoms with Gasteiger partial charge < -0.3 is 4.90 Å². The van der Waals surface area contributed by atoms with Crippen LogP contribution in [0.15, 0.2) is 29.4 Å². The molecule has 4 unspecified atom stereocenters. The van der Waals surface area contributed by atoms with Crippen LogP contribution in [0.5, 0.6) is 0 Å². The molecule has 0 radical (unpaired) electrons. The number of carbonyl (C=O) groups is 2. The number of hydrogen-bond donors (Lipinski definition) is 1. The maximum absolute atomic E-state index is 13.5. The zero-order valence-corrected chi connectivity index (χ0v) is 17.2. The molecule has 1 N–H and O–H groups in total. The lowest BCUT2D eigenvalue weighted by atomic mass is 10.0. The molecule has 3 heterocycles. The first-order chi connectivity index (χ1) is 13.8. The van der Waals surface area contributed by atoms with Crippen molar-refractivity contribution in [2.75, 3.05) is 13.6 Å². The van der Waals surface area contributed by atoms with Crippen molar-refractivity contribution in [3.63, 3.8) is 0 Å². The summed E-state index contributed by atoms with van der Waals surface area (Å²) in [5, 5.41) is 10.1. The van der Waals surface area contributed by atoms with E-state index in [9.17, 15) is 14.0 Å². The van der Waals surface area contributed by atoms with Crippen molar-refractivity contribution in [3.05, 3.63) is 35.6 Å². The number of imide groups is 1. The van der Waals surface area contributed by atoms with Crippen LogP contribution in [0.1, 0.15) is 32.8 Å². The Labute approximate surface area is 169 Å². The number of likely N-dealkylation sites (N-methyl/N-ethyl adjacent to an activating group) is 1. The summed E-state index contributed by atoms with van der Waals surface area (Å²) in [6.45, 7) is 6.95. The van der Waals surface area contributed by atoms with E-state index in [0.29, 0.717) is 5.56 Å². The van der Waals surface area contributed by atoms with Crippen molar-refractivity contribution >= 4 is 17.6 Å². The molecule has 9 heteroatoms. The highest BCUT2D eigenvalue weighted by Gasteiger charge is 2.57. The Morgan fingerprint density at radius 2 is 1.90 bits per heavy atom. The van der Waals surface area contributed by atoms with Gasteiger partial charge in [-0.25, -0.2) is 14.1 Å². The van der Waals surface area contributed by atoms with E-state index in [-0.39, 0.29) is 36.6 Å². The molecule has 156 valence electrons. The fourth-order valence-electron chi connectivity index (χ4n) is 4.36. The van der Waals surface area contributed by atoms with Crippen LogP contribution in [-0.2, 0) is 11.3 Å². The molecule has 0 aliphatic carbocycles. The zero-order chi connectivity index (χ0) is 20.9. The average Bonchev–Trinajstić information content (AvgIpc) is 3.10. The van der Waals surface area contributed by atoms with Gasteiger partial charge in [0.1, 0.15) is 18.0 Å². The highest BCUT2D eigenvalue weighted by Crippen LogP contribution is 2.33. The minimum absolute atomic E-state index is 0.0335. The first-order valence-corrected chi connectivity index (χ1v) is 10.0. The van der Waals surface area contributed by atoms with E-state index in [1.807, 2.05) is 18.9 Å². The Bertz CT molecular complexity index is 844. The molecule has 3 amide bonds. The highest BCUT2D eigenvalue weighted by molar-refractivity contribution is 6.01. The molecule has 3 aliphatic rings. The number of nitrogens with one attached hydrogen (secondary N) is 1. The van der Waals surface area contributed by atoms with Gasteiger partial charge in [-0.2, -0.15) is 5.10 Å². The van der Waals surface area contributed by atoms with Gasteiger partial charge in [0, 0.05) is 13.6 Å².